The monoisotopic (exact) mass is 1660 g/mol. The first-order chi connectivity index (χ1) is 59.2. The van der Waals surface area contributed by atoms with E-state index in [1.807, 2.05) is 105 Å². The summed E-state index contributed by atoms with van der Waals surface area (Å²) in [6, 6.07) is 70.6. The largest absolute Gasteiger partial charge is 0.473 e. The van der Waals surface area contributed by atoms with Gasteiger partial charge in [-0.25, -0.2) is 52.4 Å². The van der Waals surface area contributed by atoms with Crippen molar-refractivity contribution in [2.75, 3.05) is 21.3 Å². The van der Waals surface area contributed by atoms with Crippen LogP contribution in [0.25, 0.3) is 0 Å². The summed E-state index contributed by atoms with van der Waals surface area (Å²) in [5, 5.41) is 16.2. The molecular weight excluding hydrogens is 1580 g/mol. The minimum Gasteiger partial charge on any atom is -0.473 e. The second kappa shape index (κ2) is 45.8. The molecule has 0 unspecified atom stereocenters. The highest BCUT2D eigenvalue weighted by Crippen LogP contribution is 2.24. The molecule has 0 aliphatic heterocycles. The summed E-state index contributed by atoms with van der Waals surface area (Å²) in [7, 11) is 0. The van der Waals surface area contributed by atoms with Crippen LogP contribution >= 0.6 is 11.3 Å². The number of pyridine rings is 6. The van der Waals surface area contributed by atoms with Crippen LogP contribution in [0.15, 0.2) is 291 Å². The molecule has 0 radical (unpaired) electrons. The third-order valence-corrected chi connectivity index (χ3v) is 18.7. The first kappa shape index (κ1) is 88.0. The molecule has 5 N–H and O–H groups in total. The van der Waals surface area contributed by atoms with E-state index in [0.717, 1.165) is 57.5 Å². The number of amides is 5. The van der Waals surface area contributed by atoms with Crippen molar-refractivity contribution in [3.8, 4) is 29.4 Å². The zero-order valence-corrected chi connectivity index (χ0v) is 67.8. The molecule has 7 aromatic heterocycles. The van der Waals surface area contributed by atoms with Crippen molar-refractivity contribution in [1.82, 2.24) is 40.2 Å². The van der Waals surface area contributed by atoms with Gasteiger partial charge in [-0.05, 0) is 182 Å². The number of ether oxygens (including phenoxy) is 5. The molecule has 0 spiro atoms. The SMILES string of the molecule is Cc1ccc(NC(=O)c2ccc(OCc3ccc(F)cc3)nc2)nc1.Cc1ccc(NC(=O)c2ccc(OCc3cccc(F)c3)nc2)c(F)c1.Cc1cccc(NC(=O)c2ccc(OCc3ccccc3)nc2)c1.Cc1nc(OCc2cccc(F)c2)ccc1C(=O)NC1CCCCC1.O=C(Nc1nccs1)c1ccc(OCc2ccccc2)nc1. The highest BCUT2D eigenvalue weighted by molar-refractivity contribution is 7.13. The Morgan fingerprint density at radius 1 is 0.369 bits per heavy atom. The number of anilines is 4. The van der Waals surface area contributed by atoms with Crippen molar-refractivity contribution in [2.24, 2.45) is 0 Å². The summed E-state index contributed by atoms with van der Waals surface area (Å²) in [5.41, 5.74) is 10.9. The predicted molar refractivity (Wildman–Crippen MR) is 459 cm³/mol. The lowest BCUT2D eigenvalue weighted by atomic mass is 9.95. The van der Waals surface area contributed by atoms with E-state index in [1.54, 1.807) is 129 Å². The van der Waals surface area contributed by atoms with E-state index < -0.39 is 11.7 Å². The fourth-order valence-corrected chi connectivity index (χ4v) is 12.1. The van der Waals surface area contributed by atoms with Gasteiger partial charge in [-0.15, -0.1) is 11.3 Å². The van der Waals surface area contributed by atoms with Crippen molar-refractivity contribution in [1.29, 1.82) is 0 Å². The highest BCUT2D eigenvalue weighted by atomic mass is 32.1. The van der Waals surface area contributed by atoms with E-state index >= 15 is 0 Å². The van der Waals surface area contributed by atoms with Gasteiger partial charge in [-0.3, -0.25) is 29.3 Å². The number of hydrogen-bond acceptors (Lipinski definition) is 18. The zero-order valence-electron chi connectivity index (χ0n) is 67.0. The predicted octanol–water partition coefficient (Wildman–Crippen LogP) is 20.0. The number of benzene rings is 7. The molecule has 1 fully saturated rings. The van der Waals surface area contributed by atoms with Crippen LogP contribution in [-0.4, -0.2) is 70.5 Å². The van der Waals surface area contributed by atoms with Crippen molar-refractivity contribution in [2.45, 2.75) is 98.9 Å². The molecule has 620 valence electrons. The van der Waals surface area contributed by atoms with Crippen LogP contribution in [0.2, 0.25) is 0 Å². The van der Waals surface area contributed by atoms with Crippen LogP contribution in [-0.2, 0) is 33.0 Å². The quantitative estimate of drug-likeness (QED) is 0.0332. The average Bonchev–Trinajstić information content (AvgIpc) is 0.985. The number of carbonyl (C=O) groups is 5. The number of carbonyl (C=O) groups excluding carboxylic acids is 5. The Bertz CT molecular complexity index is 5700. The number of aryl methyl sites for hydroxylation is 4. The van der Waals surface area contributed by atoms with E-state index in [0.29, 0.717) is 87.1 Å². The van der Waals surface area contributed by atoms with E-state index in [1.165, 1.54) is 116 Å². The number of thiazole rings is 1. The summed E-state index contributed by atoms with van der Waals surface area (Å²) < 4.78 is 80.7. The van der Waals surface area contributed by atoms with Crippen molar-refractivity contribution >= 4 is 63.2 Å². The lowest BCUT2D eigenvalue weighted by molar-refractivity contribution is 0.0924. The van der Waals surface area contributed by atoms with Crippen LogP contribution in [0.4, 0.5) is 39.9 Å². The Balaban J connectivity index is 0.000000149. The number of halogens is 4. The van der Waals surface area contributed by atoms with Gasteiger partial charge < -0.3 is 45.0 Å². The Morgan fingerprint density at radius 3 is 1.30 bits per heavy atom. The molecule has 15 rings (SSSR count). The minimum atomic E-state index is -0.499. The van der Waals surface area contributed by atoms with Crippen molar-refractivity contribution < 1.29 is 65.2 Å². The Hall–Kier alpha value is -14.9. The van der Waals surface area contributed by atoms with Crippen LogP contribution in [0.1, 0.15) is 134 Å². The molecule has 7 heterocycles. The number of nitrogens with one attached hydrogen (secondary N) is 5. The molecule has 7 aromatic carbocycles. The van der Waals surface area contributed by atoms with Gasteiger partial charge in [0.25, 0.3) is 29.5 Å². The molecule has 0 atom stereocenters. The van der Waals surface area contributed by atoms with Gasteiger partial charge in [-0.2, -0.15) is 0 Å². The van der Waals surface area contributed by atoms with Crippen molar-refractivity contribution in [3.63, 3.8) is 0 Å². The van der Waals surface area contributed by atoms with E-state index in [4.69, 9.17) is 23.7 Å². The highest BCUT2D eigenvalue weighted by Gasteiger charge is 2.20. The second-order valence-corrected chi connectivity index (χ2v) is 28.6. The molecule has 1 aliphatic rings. The maximum absolute atomic E-state index is 13.8. The first-order valence-electron chi connectivity index (χ1n) is 38.7. The Labute approximate surface area is 706 Å². The Morgan fingerprint density at radius 2 is 0.828 bits per heavy atom. The van der Waals surface area contributed by atoms with Crippen LogP contribution < -0.4 is 50.3 Å². The smallest absolute Gasteiger partial charge is 0.259 e. The molecule has 14 aromatic rings. The molecule has 5 amide bonds. The molecule has 1 saturated carbocycles. The third kappa shape index (κ3) is 29.3. The van der Waals surface area contributed by atoms with E-state index in [2.05, 4.69) is 61.5 Å². The van der Waals surface area contributed by atoms with Gasteiger partial charge in [0, 0.05) is 84.6 Å². The molecule has 0 saturated heterocycles. The van der Waals surface area contributed by atoms with Gasteiger partial charge in [0.1, 0.15) is 62.1 Å². The topological polar surface area (TPSA) is 282 Å². The van der Waals surface area contributed by atoms with E-state index in [-0.39, 0.29) is 78.2 Å². The van der Waals surface area contributed by atoms with Gasteiger partial charge >= 0.3 is 0 Å². The van der Waals surface area contributed by atoms with Crippen LogP contribution in [0.5, 0.6) is 29.4 Å². The molecule has 0 bridgehead atoms. The summed E-state index contributed by atoms with van der Waals surface area (Å²) in [6.07, 6.45) is 14.8. The van der Waals surface area contributed by atoms with E-state index in [9.17, 15) is 41.5 Å². The number of aromatic nitrogens is 7. The number of hydrogen-bond donors (Lipinski definition) is 5. The van der Waals surface area contributed by atoms with Gasteiger partial charge in [-0.1, -0.05) is 141 Å². The summed E-state index contributed by atoms with van der Waals surface area (Å²) in [6.45, 7) is 9.02. The zero-order chi connectivity index (χ0) is 85.8. The van der Waals surface area contributed by atoms with Gasteiger partial charge in [0.15, 0.2) is 5.13 Å². The molecule has 122 heavy (non-hydrogen) atoms. The number of nitrogens with zero attached hydrogens (tertiary/aromatic N) is 7. The van der Waals surface area contributed by atoms with Crippen LogP contribution in [0, 0.1) is 51.0 Å². The lowest BCUT2D eigenvalue weighted by Crippen LogP contribution is -2.36. The molecule has 1 aliphatic carbocycles. The molecule has 22 nitrogen and oxygen atoms in total. The summed E-state index contributed by atoms with van der Waals surface area (Å²) in [4.78, 5) is 89.9. The molecule has 27 heteroatoms. The number of rotatable bonds is 25. The van der Waals surface area contributed by atoms with Crippen LogP contribution in [0.3, 0.4) is 0 Å². The van der Waals surface area contributed by atoms with Gasteiger partial charge in [0.05, 0.1) is 39.2 Å². The fourth-order valence-electron chi connectivity index (χ4n) is 11.6. The van der Waals surface area contributed by atoms with Gasteiger partial charge in [0.2, 0.25) is 29.4 Å². The molecular formula is C95H86F4N12O10S. The standard InChI is InChI=1S/C20H16F2N2O2.C20H23FN2O2.C20H18N2O2.C19H16FN3O2.C16H13N3O2S/c1-13-5-7-18(17(22)9-13)24-20(25)15-6-8-19(23-11-15)26-12-14-3-2-4-16(21)10-14;1-14-18(20(24)23-17-8-3-2-4-9-17)10-11-19(22-14)25-13-15-6-5-7-16(21)12-15;1-15-6-5-9-18(12-15)22-20(23)17-10-11-19(21-13-17)24-14-16-7-3-2-4-8-16;1-13-2-8-17(21-10-13)23-19(24)15-5-9-18(22-11-15)25-12-14-3-6-16(20)7-4-14;20-15(19-16-17-8-9-22-16)13-6-7-14(18-10-13)21-11-12-4-2-1-3-5-12/h2-11H,12H2,1H3,(H,24,25);5-7,10-12,17H,2-4,8-9,13H2,1H3,(H,23,24);2-13H,14H2,1H3,(H,22,23);2-11H,12H2,1H3,(H,21,23,24);1-10H,11H2,(H,17,19,20). The summed E-state index contributed by atoms with van der Waals surface area (Å²) >= 11 is 1.37. The Kier molecular flexibility index (Phi) is 33.0. The third-order valence-electron chi connectivity index (χ3n) is 18.0. The second-order valence-electron chi connectivity index (χ2n) is 27.7. The minimum absolute atomic E-state index is 0.0754. The maximum Gasteiger partial charge on any atom is 0.259 e. The summed E-state index contributed by atoms with van der Waals surface area (Å²) in [5.74, 6) is -0.138. The van der Waals surface area contributed by atoms with Crippen molar-refractivity contribution in [3.05, 3.63) is 393 Å². The maximum atomic E-state index is 13.8. The normalized spacial score (nSPS) is 11.2. The fraction of sp³-hybridized carbons (Fsp3) is 0.158. The lowest BCUT2D eigenvalue weighted by Gasteiger charge is -2.23. The first-order valence-corrected chi connectivity index (χ1v) is 39.6. The average molecular weight is 1660 g/mol.